The van der Waals surface area contributed by atoms with Gasteiger partial charge in [-0.05, 0) is 53.4 Å². The van der Waals surface area contributed by atoms with Crippen LogP contribution in [0, 0.1) is 0 Å². The number of aromatic nitrogens is 1. The highest BCUT2D eigenvalue weighted by Crippen LogP contribution is 2.20. The summed E-state index contributed by atoms with van der Waals surface area (Å²) in [6, 6.07) is 15.8. The van der Waals surface area contributed by atoms with Crippen molar-refractivity contribution in [1.82, 2.24) is 10.3 Å². The molecule has 0 spiro atoms. The molecule has 2 amide bonds. The number of thiophene rings is 1. The standard InChI is InChI=1S/C22H20N4O4S2/c1-32(29,30)26-18-4-2-3-17(11-18)25-22(28)20-10-16(13-31-20)21(27)24-12-14-5-6-19-15(9-14)7-8-23-19/h2-11,13,23,26H,12H2,1H3,(H,24,27)(H,25,28). The Hall–Kier alpha value is -3.63. The first-order chi connectivity index (χ1) is 15.3. The van der Waals surface area contributed by atoms with Crippen molar-refractivity contribution >= 4 is 55.5 Å². The minimum Gasteiger partial charge on any atom is -0.361 e. The van der Waals surface area contributed by atoms with Gasteiger partial charge in [0.05, 0.1) is 22.4 Å². The number of anilines is 2. The number of fused-ring (bicyclic) bond motifs is 1. The molecule has 0 bridgehead atoms. The van der Waals surface area contributed by atoms with Gasteiger partial charge in [0.15, 0.2) is 0 Å². The zero-order chi connectivity index (χ0) is 22.7. The Morgan fingerprint density at radius 3 is 2.62 bits per heavy atom. The topological polar surface area (TPSA) is 120 Å². The summed E-state index contributed by atoms with van der Waals surface area (Å²) in [7, 11) is -3.42. The average molecular weight is 469 g/mol. The number of nitrogens with one attached hydrogen (secondary N) is 4. The zero-order valence-corrected chi connectivity index (χ0v) is 18.6. The molecule has 0 fully saturated rings. The fraction of sp³-hybridized carbons (Fsp3) is 0.0909. The molecule has 0 aliphatic rings. The fourth-order valence-corrected chi connectivity index (χ4v) is 4.48. The van der Waals surface area contributed by atoms with E-state index < -0.39 is 10.0 Å². The van der Waals surface area contributed by atoms with Gasteiger partial charge in [0.2, 0.25) is 10.0 Å². The summed E-state index contributed by atoms with van der Waals surface area (Å²) in [5.41, 5.74) is 3.18. The van der Waals surface area contributed by atoms with E-state index in [0.29, 0.717) is 28.4 Å². The minimum atomic E-state index is -3.42. The second-order valence-corrected chi connectivity index (χ2v) is 9.85. The molecule has 0 unspecified atom stereocenters. The van der Waals surface area contributed by atoms with Gasteiger partial charge in [-0.3, -0.25) is 14.3 Å². The van der Waals surface area contributed by atoms with Gasteiger partial charge < -0.3 is 15.6 Å². The van der Waals surface area contributed by atoms with Gasteiger partial charge in [-0.15, -0.1) is 11.3 Å². The molecule has 4 rings (SSSR count). The third-order valence-corrected chi connectivity index (χ3v) is 6.12. The van der Waals surface area contributed by atoms with Gasteiger partial charge in [0, 0.05) is 29.3 Å². The Morgan fingerprint density at radius 2 is 1.81 bits per heavy atom. The van der Waals surface area contributed by atoms with Crippen molar-refractivity contribution in [3.8, 4) is 0 Å². The van der Waals surface area contributed by atoms with E-state index in [2.05, 4.69) is 20.3 Å². The van der Waals surface area contributed by atoms with Crippen molar-refractivity contribution in [2.75, 3.05) is 16.3 Å². The number of benzene rings is 2. The molecule has 10 heteroatoms. The van der Waals surface area contributed by atoms with Crippen LogP contribution in [0.3, 0.4) is 0 Å². The van der Waals surface area contributed by atoms with E-state index in [-0.39, 0.29) is 11.8 Å². The molecular weight excluding hydrogens is 448 g/mol. The lowest BCUT2D eigenvalue weighted by Gasteiger charge is -2.07. The second kappa shape index (κ2) is 8.85. The maximum Gasteiger partial charge on any atom is 0.265 e. The Morgan fingerprint density at radius 1 is 1.00 bits per heavy atom. The number of sulfonamides is 1. The van der Waals surface area contributed by atoms with Gasteiger partial charge in [-0.25, -0.2) is 8.42 Å². The molecule has 4 N–H and O–H groups in total. The van der Waals surface area contributed by atoms with Gasteiger partial charge >= 0.3 is 0 Å². The van der Waals surface area contributed by atoms with Crippen LogP contribution in [0.25, 0.3) is 10.9 Å². The molecule has 8 nitrogen and oxygen atoms in total. The summed E-state index contributed by atoms with van der Waals surface area (Å²) in [4.78, 5) is 28.5. The molecule has 32 heavy (non-hydrogen) atoms. The highest BCUT2D eigenvalue weighted by molar-refractivity contribution is 7.92. The van der Waals surface area contributed by atoms with Crippen molar-refractivity contribution in [3.05, 3.63) is 82.2 Å². The summed E-state index contributed by atoms with van der Waals surface area (Å²) in [5.74, 6) is -0.655. The molecule has 0 aliphatic heterocycles. The molecule has 0 saturated carbocycles. The van der Waals surface area contributed by atoms with Crippen molar-refractivity contribution in [2.24, 2.45) is 0 Å². The Labute approximate surface area is 188 Å². The fourth-order valence-electron chi connectivity index (χ4n) is 3.14. The number of H-pyrrole nitrogens is 1. The molecule has 0 saturated heterocycles. The van der Waals surface area contributed by atoms with Crippen LogP contribution in [-0.4, -0.2) is 31.5 Å². The Kier molecular flexibility index (Phi) is 5.97. The van der Waals surface area contributed by atoms with Crippen LogP contribution in [0.2, 0.25) is 0 Å². The molecule has 4 aromatic rings. The first-order valence-corrected chi connectivity index (χ1v) is 12.4. The summed E-state index contributed by atoms with van der Waals surface area (Å²) in [6.45, 7) is 0.372. The van der Waals surface area contributed by atoms with Gasteiger partial charge in [0.25, 0.3) is 11.8 Å². The van der Waals surface area contributed by atoms with Crippen LogP contribution in [0.5, 0.6) is 0 Å². The first kappa shape index (κ1) is 21.6. The SMILES string of the molecule is CS(=O)(=O)Nc1cccc(NC(=O)c2cc(C(=O)NCc3ccc4[nH]ccc4c3)cs2)c1. The number of hydrogen-bond acceptors (Lipinski definition) is 5. The number of carbonyl (C=O) groups is 2. The van der Waals surface area contributed by atoms with Crippen LogP contribution in [-0.2, 0) is 16.6 Å². The predicted octanol–water partition coefficient (Wildman–Crippen LogP) is 3.78. The van der Waals surface area contributed by atoms with E-state index in [4.69, 9.17) is 0 Å². The van der Waals surface area contributed by atoms with Crippen LogP contribution in [0.4, 0.5) is 11.4 Å². The molecule has 2 aromatic carbocycles. The molecule has 164 valence electrons. The number of rotatable bonds is 7. The highest BCUT2D eigenvalue weighted by atomic mass is 32.2. The zero-order valence-electron chi connectivity index (χ0n) is 17.0. The smallest absolute Gasteiger partial charge is 0.265 e. The van der Waals surface area contributed by atoms with Gasteiger partial charge in [-0.1, -0.05) is 12.1 Å². The molecule has 0 radical (unpaired) electrons. The lowest BCUT2D eigenvalue weighted by atomic mass is 10.1. The molecule has 0 aliphatic carbocycles. The van der Waals surface area contributed by atoms with Crippen LogP contribution < -0.4 is 15.4 Å². The first-order valence-electron chi connectivity index (χ1n) is 9.59. The lowest BCUT2D eigenvalue weighted by Crippen LogP contribution is -2.22. The van der Waals surface area contributed by atoms with Crippen molar-refractivity contribution in [2.45, 2.75) is 6.54 Å². The van der Waals surface area contributed by atoms with E-state index in [9.17, 15) is 18.0 Å². The van der Waals surface area contributed by atoms with Crippen LogP contribution in [0.15, 0.2) is 66.2 Å². The quantitative estimate of drug-likeness (QED) is 0.330. The second-order valence-electron chi connectivity index (χ2n) is 7.19. The lowest BCUT2D eigenvalue weighted by molar-refractivity contribution is 0.0951. The van der Waals surface area contributed by atoms with E-state index >= 15 is 0 Å². The largest absolute Gasteiger partial charge is 0.361 e. The van der Waals surface area contributed by atoms with E-state index in [1.54, 1.807) is 23.6 Å². The molecule has 0 atom stereocenters. The van der Waals surface area contributed by atoms with Crippen LogP contribution in [0.1, 0.15) is 25.6 Å². The molecule has 2 heterocycles. The molecule has 2 aromatic heterocycles. The number of hydrogen-bond donors (Lipinski definition) is 4. The maximum absolute atomic E-state index is 12.6. The van der Waals surface area contributed by atoms with Crippen molar-refractivity contribution < 1.29 is 18.0 Å². The van der Waals surface area contributed by atoms with E-state index in [0.717, 1.165) is 34.1 Å². The predicted molar refractivity (Wildman–Crippen MR) is 127 cm³/mol. The van der Waals surface area contributed by atoms with Gasteiger partial charge in [0.1, 0.15) is 0 Å². The summed E-state index contributed by atoms with van der Waals surface area (Å²) in [6.07, 6.45) is 2.92. The third kappa shape index (κ3) is 5.34. The molecular formula is C22H20N4O4S2. The summed E-state index contributed by atoms with van der Waals surface area (Å²) >= 11 is 1.16. The summed E-state index contributed by atoms with van der Waals surface area (Å²) in [5, 5.41) is 8.27. The highest BCUT2D eigenvalue weighted by Gasteiger charge is 2.14. The Bertz CT molecular complexity index is 1410. The number of carbonyl (C=O) groups excluding carboxylic acids is 2. The van der Waals surface area contributed by atoms with E-state index in [1.807, 2.05) is 30.5 Å². The maximum atomic E-state index is 12.6. The minimum absolute atomic E-state index is 0.270. The van der Waals surface area contributed by atoms with Crippen LogP contribution >= 0.6 is 11.3 Å². The summed E-state index contributed by atoms with van der Waals surface area (Å²) < 4.78 is 25.1. The van der Waals surface area contributed by atoms with Gasteiger partial charge in [-0.2, -0.15) is 0 Å². The number of amides is 2. The Balaban J connectivity index is 1.37. The third-order valence-electron chi connectivity index (χ3n) is 4.58. The normalized spacial score (nSPS) is 11.3. The average Bonchev–Trinajstić information content (AvgIpc) is 3.40. The van der Waals surface area contributed by atoms with Crippen molar-refractivity contribution in [1.29, 1.82) is 0 Å². The van der Waals surface area contributed by atoms with Crippen molar-refractivity contribution in [3.63, 3.8) is 0 Å². The number of aromatic amines is 1. The van der Waals surface area contributed by atoms with E-state index in [1.165, 1.54) is 12.1 Å². The monoisotopic (exact) mass is 468 g/mol.